The minimum atomic E-state index is 0.474. The summed E-state index contributed by atoms with van der Waals surface area (Å²) in [6.45, 7) is 2.29. The first-order valence-corrected chi connectivity index (χ1v) is 9.92. The minimum absolute atomic E-state index is 0.474. The summed E-state index contributed by atoms with van der Waals surface area (Å²) in [6, 6.07) is 15.7. The molecule has 9 heteroatoms. The summed E-state index contributed by atoms with van der Waals surface area (Å²) < 4.78 is 15.5. The lowest BCUT2D eigenvalue weighted by molar-refractivity contribution is 0.210. The molecular weight excluding hydrogens is 396 g/mol. The molecule has 0 saturated carbocycles. The first kappa shape index (κ1) is 22.1. The molecule has 0 saturated heterocycles. The number of methoxy groups -OCH3 is 3. The number of aromatic nitrogens is 3. The van der Waals surface area contributed by atoms with Gasteiger partial charge in [-0.2, -0.15) is 15.0 Å². The molecule has 0 radical (unpaired) electrons. The van der Waals surface area contributed by atoms with Gasteiger partial charge in [0.25, 0.3) is 0 Å². The van der Waals surface area contributed by atoms with Gasteiger partial charge in [-0.1, -0.05) is 24.3 Å². The van der Waals surface area contributed by atoms with Gasteiger partial charge in [0.05, 0.1) is 20.8 Å². The predicted octanol–water partition coefficient (Wildman–Crippen LogP) is 3.17. The van der Waals surface area contributed by atoms with Gasteiger partial charge in [0.1, 0.15) is 11.5 Å². The molecule has 2 aromatic carbocycles. The van der Waals surface area contributed by atoms with Crippen molar-refractivity contribution in [2.75, 3.05) is 50.4 Å². The second kappa shape index (κ2) is 11.6. The molecule has 3 aromatic rings. The molecule has 0 aliphatic heterocycles. The van der Waals surface area contributed by atoms with Crippen LogP contribution in [0.25, 0.3) is 0 Å². The fraction of sp³-hybridized carbons (Fsp3) is 0.318. The summed E-state index contributed by atoms with van der Waals surface area (Å²) in [5.41, 5.74) is 2.17. The number of anilines is 3. The lowest BCUT2D eigenvalue weighted by atomic mass is 10.2. The van der Waals surface area contributed by atoms with Crippen molar-refractivity contribution in [3.05, 3.63) is 59.7 Å². The molecule has 3 rings (SSSR count). The number of nitrogens with zero attached hydrogens (tertiary/aromatic N) is 3. The molecule has 1 heterocycles. The van der Waals surface area contributed by atoms with E-state index in [2.05, 4.69) is 30.9 Å². The van der Waals surface area contributed by atoms with Gasteiger partial charge in [-0.15, -0.1) is 0 Å². The van der Waals surface area contributed by atoms with Gasteiger partial charge in [-0.05, 0) is 35.4 Å². The molecular formula is C22H28N6O3. The molecule has 0 unspecified atom stereocenters. The molecule has 1 aromatic heterocycles. The van der Waals surface area contributed by atoms with Crippen LogP contribution in [0.1, 0.15) is 11.1 Å². The monoisotopic (exact) mass is 424 g/mol. The van der Waals surface area contributed by atoms with Crippen molar-refractivity contribution in [3.8, 4) is 11.5 Å². The molecule has 0 fully saturated rings. The summed E-state index contributed by atoms with van der Waals surface area (Å²) in [6.07, 6.45) is 0. The Hall–Kier alpha value is -3.59. The standard InChI is InChI=1S/C22H28N6O3/c1-29-13-12-23-20-26-21(24-14-16-4-8-18(30-2)9-5-16)28-22(27-20)25-15-17-6-10-19(31-3)11-7-17/h4-11H,12-15H2,1-3H3,(H3,23,24,25,26,27,28). The van der Waals surface area contributed by atoms with E-state index in [1.165, 1.54) is 0 Å². The van der Waals surface area contributed by atoms with E-state index in [-0.39, 0.29) is 0 Å². The summed E-state index contributed by atoms with van der Waals surface area (Å²) in [5, 5.41) is 9.66. The smallest absolute Gasteiger partial charge is 0.229 e. The number of benzene rings is 2. The topological polar surface area (TPSA) is 102 Å². The minimum Gasteiger partial charge on any atom is -0.497 e. The second-order valence-electron chi connectivity index (χ2n) is 6.63. The SMILES string of the molecule is COCCNc1nc(NCc2ccc(OC)cc2)nc(NCc2ccc(OC)cc2)n1. The number of nitrogens with one attached hydrogen (secondary N) is 3. The zero-order chi connectivity index (χ0) is 21.9. The van der Waals surface area contributed by atoms with Crippen LogP contribution in [0, 0.1) is 0 Å². The molecule has 0 aliphatic rings. The third-order valence-electron chi connectivity index (χ3n) is 4.44. The first-order valence-electron chi connectivity index (χ1n) is 9.92. The van der Waals surface area contributed by atoms with Crippen molar-refractivity contribution >= 4 is 17.8 Å². The Kier molecular flexibility index (Phi) is 8.24. The summed E-state index contributed by atoms with van der Waals surface area (Å²) >= 11 is 0. The van der Waals surface area contributed by atoms with E-state index in [0.29, 0.717) is 44.1 Å². The maximum atomic E-state index is 5.20. The van der Waals surface area contributed by atoms with E-state index < -0.39 is 0 Å². The van der Waals surface area contributed by atoms with Crippen molar-refractivity contribution in [2.24, 2.45) is 0 Å². The maximum Gasteiger partial charge on any atom is 0.229 e. The van der Waals surface area contributed by atoms with Gasteiger partial charge in [0, 0.05) is 26.7 Å². The molecule has 0 aliphatic carbocycles. The molecule has 0 atom stereocenters. The van der Waals surface area contributed by atoms with Crippen LogP contribution < -0.4 is 25.4 Å². The maximum absolute atomic E-state index is 5.20. The molecule has 0 bridgehead atoms. The fourth-order valence-electron chi connectivity index (χ4n) is 2.73. The lowest BCUT2D eigenvalue weighted by Crippen LogP contribution is -2.15. The normalized spacial score (nSPS) is 10.4. The van der Waals surface area contributed by atoms with Crippen LogP contribution in [0.5, 0.6) is 11.5 Å². The Labute approximate surface area is 182 Å². The number of hydrogen-bond acceptors (Lipinski definition) is 9. The fourth-order valence-corrected chi connectivity index (χ4v) is 2.73. The van der Waals surface area contributed by atoms with E-state index in [1.807, 2.05) is 48.5 Å². The van der Waals surface area contributed by atoms with Gasteiger partial charge in [0.2, 0.25) is 17.8 Å². The van der Waals surface area contributed by atoms with E-state index in [4.69, 9.17) is 14.2 Å². The van der Waals surface area contributed by atoms with E-state index >= 15 is 0 Å². The average molecular weight is 425 g/mol. The average Bonchev–Trinajstić information content (AvgIpc) is 2.82. The molecule has 164 valence electrons. The van der Waals surface area contributed by atoms with Crippen molar-refractivity contribution in [1.29, 1.82) is 0 Å². The van der Waals surface area contributed by atoms with Gasteiger partial charge in [-0.25, -0.2) is 0 Å². The molecule has 0 spiro atoms. The van der Waals surface area contributed by atoms with Crippen LogP contribution >= 0.6 is 0 Å². The summed E-state index contributed by atoms with van der Waals surface area (Å²) in [7, 11) is 4.95. The van der Waals surface area contributed by atoms with Crippen LogP contribution in [0.3, 0.4) is 0 Å². The van der Waals surface area contributed by atoms with Gasteiger partial charge in [0.15, 0.2) is 0 Å². The highest BCUT2D eigenvalue weighted by Gasteiger charge is 2.07. The van der Waals surface area contributed by atoms with Crippen molar-refractivity contribution in [1.82, 2.24) is 15.0 Å². The van der Waals surface area contributed by atoms with E-state index in [0.717, 1.165) is 22.6 Å². The quantitative estimate of drug-likeness (QED) is 0.378. The highest BCUT2D eigenvalue weighted by molar-refractivity contribution is 5.43. The summed E-state index contributed by atoms with van der Waals surface area (Å²) in [5.74, 6) is 3.06. The first-order chi connectivity index (χ1) is 15.2. The Bertz CT molecular complexity index is 865. The largest absolute Gasteiger partial charge is 0.497 e. The Balaban J connectivity index is 1.68. The van der Waals surface area contributed by atoms with Crippen LogP contribution in [-0.2, 0) is 17.8 Å². The van der Waals surface area contributed by atoms with Gasteiger partial charge < -0.3 is 30.2 Å². The second-order valence-corrected chi connectivity index (χ2v) is 6.63. The molecule has 9 nitrogen and oxygen atoms in total. The van der Waals surface area contributed by atoms with Crippen molar-refractivity contribution in [3.63, 3.8) is 0 Å². The highest BCUT2D eigenvalue weighted by Crippen LogP contribution is 2.15. The van der Waals surface area contributed by atoms with Crippen LogP contribution in [0.15, 0.2) is 48.5 Å². The Morgan fingerprint density at radius 1 is 0.613 bits per heavy atom. The Morgan fingerprint density at radius 2 is 1.03 bits per heavy atom. The number of hydrogen-bond donors (Lipinski definition) is 3. The molecule has 0 amide bonds. The van der Waals surface area contributed by atoms with E-state index in [9.17, 15) is 0 Å². The number of ether oxygens (including phenoxy) is 3. The van der Waals surface area contributed by atoms with E-state index in [1.54, 1.807) is 21.3 Å². The number of rotatable bonds is 12. The van der Waals surface area contributed by atoms with Crippen LogP contribution in [-0.4, -0.2) is 49.4 Å². The zero-order valence-corrected chi connectivity index (χ0v) is 18.0. The van der Waals surface area contributed by atoms with Gasteiger partial charge in [-0.3, -0.25) is 0 Å². The summed E-state index contributed by atoms with van der Waals surface area (Å²) in [4.78, 5) is 13.4. The van der Waals surface area contributed by atoms with Crippen molar-refractivity contribution in [2.45, 2.75) is 13.1 Å². The predicted molar refractivity (Wildman–Crippen MR) is 121 cm³/mol. The van der Waals surface area contributed by atoms with Crippen molar-refractivity contribution < 1.29 is 14.2 Å². The third-order valence-corrected chi connectivity index (χ3v) is 4.44. The zero-order valence-electron chi connectivity index (χ0n) is 18.0. The molecule has 31 heavy (non-hydrogen) atoms. The molecule has 3 N–H and O–H groups in total. The Morgan fingerprint density at radius 3 is 1.42 bits per heavy atom. The van der Waals surface area contributed by atoms with Crippen LogP contribution in [0.2, 0.25) is 0 Å². The highest BCUT2D eigenvalue weighted by atomic mass is 16.5. The van der Waals surface area contributed by atoms with Crippen LogP contribution in [0.4, 0.5) is 17.8 Å². The third kappa shape index (κ3) is 7.00. The lowest BCUT2D eigenvalue weighted by Gasteiger charge is -2.12. The van der Waals surface area contributed by atoms with Gasteiger partial charge >= 0.3 is 0 Å².